The van der Waals surface area contributed by atoms with Gasteiger partial charge in [0.1, 0.15) is 11.5 Å². The molecule has 0 bridgehead atoms. The summed E-state index contributed by atoms with van der Waals surface area (Å²) in [6, 6.07) is 2.52. The van der Waals surface area contributed by atoms with Crippen LogP contribution >= 0.6 is 0 Å². The Kier molecular flexibility index (Phi) is 5.06. The highest BCUT2D eigenvalue weighted by atomic mass is 16.2. The van der Waals surface area contributed by atoms with E-state index < -0.39 is 0 Å². The number of aromatic nitrogens is 4. The van der Waals surface area contributed by atoms with Crippen molar-refractivity contribution in [1.29, 1.82) is 0 Å². The summed E-state index contributed by atoms with van der Waals surface area (Å²) in [4.78, 5) is 19.4. The number of aryl methyl sites for hydroxylation is 1. The molecule has 2 aromatic rings. The minimum atomic E-state index is -0.0501. The average Bonchev–Trinajstić information content (AvgIpc) is 3.39. The fraction of sp³-hybridized carbons (Fsp3) is 0.632. The zero-order valence-electron chi connectivity index (χ0n) is 15.4. The molecule has 0 spiro atoms. The first-order valence-corrected chi connectivity index (χ1v) is 9.77. The molecule has 2 aliphatic rings. The van der Waals surface area contributed by atoms with Gasteiger partial charge in [0.25, 0.3) is 5.91 Å². The van der Waals surface area contributed by atoms with Crippen molar-refractivity contribution >= 4 is 5.91 Å². The highest BCUT2D eigenvalue weighted by Gasteiger charge is 2.28. The maximum Gasteiger partial charge on any atom is 0.271 e. The predicted molar refractivity (Wildman–Crippen MR) is 98.5 cm³/mol. The number of likely N-dealkylation sites (tertiary alicyclic amines) is 1. The zero-order chi connectivity index (χ0) is 17.9. The minimum Gasteiger partial charge on any atom is -0.348 e. The number of carbonyl (C=O) groups is 1. The number of H-pyrrole nitrogens is 1. The van der Waals surface area contributed by atoms with Gasteiger partial charge in [-0.05, 0) is 38.3 Å². The van der Waals surface area contributed by atoms with Crippen molar-refractivity contribution in [3.8, 4) is 0 Å². The van der Waals surface area contributed by atoms with E-state index in [2.05, 4.69) is 30.0 Å². The van der Waals surface area contributed by atoms with Crippen molar-refractivity contribution in [2.75, 3.05) is 6.54 Å². The fourth-order valence-corrected chi connectivity index (χ4v) is 4.22. The van der Waals surface area contributed by atoms with Crippen LogP contribution in [0.15, 0.2) is 18.5 Å². The molecule has 1 saturated carbocycles. The summed E-state index contributed by atoms with van der Waals surface area (Å²) in [5.41, 5.74) is 1.55. The molecule has 1 aliphatic heterocycles. The van der Waals surface area contributed by atoms with Crippen molar-refractivity contribution in [3.05, 3.63) is 35.7 Å². The first-order valence-electron chi connectivity index (χ1n) is 9.77. The van der Waals surface area contributed by atoms with Crippen molar-refractivity contribution in [1.82, 2.24) is 30.0 Å². The topological polar surface area (TPSA) is 78.8 Å². The van der Waals surface area contributed by atoms with Crippen molar-refractivity contribution in [3.63, 3.8) is 0 Å². The van der Waals surface area contributed by atoms with Crippen LogP contribution in [-0.4, -0.2) is 43.1 Å². The van der Waals surface area contributed by atoms with Crippen molar-refractivity contribution < 1.29 is 4.79 Å². The molecule has 1 saturated heterocycles. The van der Waals surface area contributed by atoms with E-state index in [0.29, 0.717) is 11.7 Å². The lowest BCUT2D eigenvalue weighted by molar-refractivity contribution is 0.0932. The second-order valence-corrected chi connectivity index (χ2v) is 7.60. The molecule has 140 valence electrons. The molecule has 1 atom stereocenters. The van der Waals surface area contributed by atoms with E-state index in [-0.39, 0.29) is 11.9 Å². The van der Waals surface area contributed by atoms with E-state index in [1.165, 1.54) is 25.7 Å². The van der Waals surface area contributed by atoms with Crippen molar-refractivity contribution in [2.24, 2.45) is 7.05 Å². The highest BCUT2D eigenvalue weighted by Crippen LogP contribution is 2.31. The number of imidazole rings is 1. The van der Waals surface area contributed by atoms with E-state index in [0.717, 1.165) is 43.9 Å². The molecular formula is C19H28N6O. The van der Waals surface area contributed by atoms with Gasteiger partial charge in [0.05, 0.1) is 18.3 Å². The monoisotopic (exact) mass is 356 g/mol. The molecule has 2 aromatic heterocycles. The Morgan fingerprint density at radius 2 is 2.08 bits per heavy atom. The lowest BCUT2D eigenvalue weighted by Gasteiger charge is -2.34. The van der Waals surface area contributed by atoms with Crippen LogP contribution in [0.1, 0.15) is 73.0 Å². The Labute approximate surface area is 154 Å². The number of amides is 1. The lowest BCUT2D eigenvalue weighted by atomic mass is 9.99. The first kappa shape index (κ1) is 17.3. The van der Waals surface area contributed by atoms with E-state index >= 15 is 0 Å². The number of hydrogen-bond donors (Lipinski definition) is 2. The summed E-state index contributed by atoms with van der Waals surface area (Å²) in [5, 5.41) is 10.5. The average molecular weight is 356 g/mol. The number of rotatable bonds is 5. The van der Waals surface area contributed by atoms with Crippen LogP contribution in [0.5, 0.6) is 0 Å². The van der Waals surface area contributed by atoms with Gasteiger partial charge in [-0.15, -0.1) is 0 Å². The number of aromatic amines is 1. The van der Waals surface area contributed by atoms with Crippen LogP contribution in [0.3, 0.4) is 0 Å². The van der Waals surface area contributed by atoms with Crippen LogP contribution < -0.4 is 5.32 Å². The van der Waals surface area contributed by atoms with E-state index in [4.69, 9.17) is 0 Å². The Morgan fingerprint density at radius 3 is 2.85 bits per heavy atom. The van der Waals surface area contributed by atoms with Gasteiger partial charge >= 0.3 is 0 Å². The molecule has 26 heavy (non-hydrogen) atoms. The smallest absolute Gasteiger partial charge is 0.271 e. The Balaban J connectivity index is 1.45. The Morgan fingerprint density at radius 1 is 1.27 bits per heavy atom. The Hall–Kier alpha value is -2.15. The van der Waals surface area contributed by atoms with Gasteiger partial charge in [-0.1, -0.05) is 19.3 Å². The number of piperidine rings is 1. The second kappa shape index (κ2) is 7.61. The number of hydrogen-bond acceptors (Lipinski definition) is 4. The third kappa shape index (κ3) is 3.67. The maximum absolute atomic E-state index is 12.5. The predicted octanol–water partition coefficient (Wildman–Crippen LogP) is 2.54. The summed E-state index contributed by atoms with van der Waals surface area (Å²) in [6.07, 6.45) is 11.9. The largest absolute Gasteiger partial charge is 0.348 e. The number of carbonyl (C=O) groups excluding carboxylic acids is 1. The van der Waals surface area contributed by atoms with Gasteiger partial charge in [0.2, 0.25) is 0 Å². The Bertz CT molecular complexity index is 745. The van der Waals surface area contributed by atoms with Gasteiger partial charge in [0, 0.05) is 25.5 Å². The fourth-order valence-electron chi connectivity index (χ4n) is 4.22. The van der Waals surface area contributed by atoms with Crippen LogP contribution in [-0.2, 0) is 13.6 Å². The van der Waals surface area contributed by atoms with Crippen LogP contribution in [0.25, 0.3) is 0 Å². The summed E-state index contributed by atoms with van der Waals surface area (Å²) in [5.74, 6) is 1.02. The van der Waals surface area contributed by atoms with Gasteiger partial charge in [-0.3, -0.25) is 14.8 Å². The maximum atomic E-state index is 12.5. The van der Waals surface area contributed by atoms with E-state index in [9.17, 15) is 4.79 Å². The van der Waals surface area contributed by atoms with Crippen LogP contribution in [0.4, 0.5) is 0 Å². The third-order valence-electron chi connectivity index (χ3n) is 5.76. The third-order valence-corrected chi connectivity index (χ3v) is 5.76. The normalized spacial score (nSPS) is 22.0. The van der Waals surface area contributed by atoms with Gasteiger partial charge in [0.15, 0.2) is 0 Å². The zero-order valence-corrected chi connectivity index (χ0v) is 15.4. The highest BCUT2D eigenvalue weighted by molar-refractivity contribution is 5.92. The molecule has 7 nitrogen and oxygen atoms in total. The quantitative estimate of drug-likeness (QED) is 0.863. The molecule has 1 unspecified atom stereocenters. The first-order chi connectivity index (χ1) is 12.7. The van der Waals surface area contributed by atoms with Gasteiger partial charge in [-0.2, -0.15) is 5.10 Å². The summed E-state index contributed by atoms with van der Waals surface area (Å²) in [6.45, 7) is 1.86. The van der Waals surface area contributed by atoms with Crippen LogP contribution in [0, 0.1) is 0 Å². The van der Waals surface area contributed by atoms with Crippen LogP contribution in [0.2, 0.25) is 0 Å². The molecule has 0 radical (unpaired) electrons. The molecule has 1 aliphatic carbocycles. The summed E-state index contributed by atoms with van der Waals surface area (Å²) >= 11 is 0. The number of nitrogens with one attached hydrogen (secondary N) is 2. The van der Waals surface area contributed by atoms with E-state index in [1.54, 1.807) is 0 Å². The SMILES string of the molecule is Cn1ccnc1CN1CCCCC1c1cc(C(=O)NC2CCCC2)n[nH]1. The molecule has 1 amide bonds. The molecule has 4 rings (SSSR count). The number of nitrogens with zero attached hydrogens (tertiary/aromatic N) is 4. The lowest BCUT2D eigenvalue weighted by Crippen LogP contribution is -2.34. The van der Waals surface area contributed by atoms with Gasteiger partial charge in [-0.25, -0.2) is 4.98 Å². The second-order valence-electron chi connectivity index (χ2n) is 7.60. The molecule has 7 heteroatoms. The molecule has 2 N–H and O–H groups in total. The van der Waals surface area contributed by atoms with E-state index in [1.807, 2.05) is 25.5 Å². The molecule has 2 fully saturated rings. The summed E-state index contributed by atoms with van der Waals surface area (Å²) < 4.78 is 2.07. The molecule has 0 aromatic carbocycles. The van der Waals surface area contributed by atoms with Gasteiger partial charge < -0.3 is 9.88 Å². The minimum absolute atomic E-state index is 0.0501. The van der Waals surface area contributed by atoms with Crippen molar-refractivity contribution in [2.45, 2.75) is 63.6 Å². The summed E-state index contributed by atoms with van der Waals surface area (Å²) in [7, 11) is 2.03. The standard InChI is InChI=1S/C19H28N6O/c1-24-11-9-20-18(24)13-25-10-5-4-8-17(25)15-12-16(23-22-15)19(26)21-14-6-2-3-7-14/h9,11-12,14,17H,2-8,10,13H2,1H3,(H,21,26)(H,22,23). The molecule has 3 heterocycles. The molecular weight excluding hydrogens is 328 g/mol.